The fourth-order valence-corrected chi connectivity index (χ4v) is 6.65. The van der Waals surface area contributed by atoms with Crippen LogP contribution in [0.1, 0.15) is 40.1 Å². The number of hydrogen-bond acceptors (Lipinski definition) is 5. The number of para-hydroxylation sites is 1. The average molecular weight is 530 g/mol. The highest BCUT2D eigenvalue weighted by Crippen LogP contribution is 2.41. The van der Waals surface area contributed by atoms with Crippen LogP contribution >= 0.6 is 11.8 Å². The molecule has 2 amide bonds. The van der Waals surface area contributed by atoms with Crippen LogP contribution < -0.4 is 5.56 Å². The van der Waals surface area contributed by atoms with Crippen LogP contribution in [0.25, 0.3) is 21.8 Å². The van der Waals surface area contributed by atoms with Gasteiger partial charge in [0, 0.05) is 56.7 Å². The molecule has 0 bridgehead atoms. The van der Waals surface area contributed by atoms with Crippen LogP contribution in [0.15, 0.2) is 58.5 Å². The summed E-state index contributed by atoms with van der Waals surface area (Å²) in [5, 5.41) is 2.21. The monoisotopic (exact) mass is 529 g/mol. The minimum atomic E-state index is -0.108. The van der Waals surface area contributed by atoms with Crippen LogP contribution in [-0.2, 0) is 14.1 Å². The molecular formula is C29H31N5O3S. The molecule has 4 heterocycles. The summed E-state index contributed by atoms with van der Waals surface area (Å²) in [4.78, 5) is 47.9. The van der Waals surface area contributed by atoms with Gasteiger partial charge in [0.05, 0.1) is 10.9 Å². The van der Waals surface area contributed by atoms with E-state index in [-0.39, 0.29) is 22.8 Å². The van der Waals surface area contributed by atoms with Gasteiger partial charge in [-0.1, -0.05) is 30.0 Å². The van der Waals surface area contributed by atoms with Gasteiger partial charge in [-0.2, -0.15) is 0 Å². The van der Waals surface area contributed by atoms with E-state index in [1.807, 2.05) is 58.0 Å². The number of carbonyl (C=O) groups excluding carboxylic acids is 2. The van der Waals surface area contributed by atoms with E-state index in [0.717, 1.165) is 35.9 Å². The third-order valence-electron chi connectivity index (χ3n) is 8.47. The van der Waals surface area contributed by atoms with Gasteiger partial charge in [-0.25, -0.2) is 4.98 Å². The fourth-order valence-electron chi connectivity index (χ4n) is 6.11. The maximum atomic E-state index is 13.4. The van der Waals surface area contributed by atoms with Crippen molar-refractivity contribution in [2.24, 2.45) is 19.5 Å². The number of hydrogen-bond donors (Lipinski definition) is 0. The molecule has 0 atom stereocenters. The van der Waals surface area contributed by atoms with Crippen molar-refractivity contribution < 1.29 is 9.59 Å². The largest absolute Gasteiger partial charge is 0.340 e. The van der Waals surface area contributed by atoms with E-state index in [0.29, 0.717) is 47.8 Å². The van der Waals surface area contributed by atoms with Gasteiger partial charge >= 0.3 is 0 Å². The molecule has 0 saturated carbocycles. The zero-order valence-electron chi connectivity index (χ0n) is 21.9. The summed E-state index contributed by atoms with van der Waals surface area (Å²) in [5.74, 6) is 0.0508. The first-order valence-electron chi connectivity index (χ1n) is 13.0. The lowest BCUT2D eigenvalue weighted by Crippen LogP contribution is -2.45. The number of nitrogens with zero attached hydrogens (tertiary/aromatic N) is 5. The van der Waals surface area contributed by atoms with Crippen LogP contribution in [0.5, 0.6) is 0 Å². The van der Waals surface area contributed by atoms with Crippen molar-refractivity contribution in [2.45, 2.75) is 24.4 Å². The van der Waals surface area contributed by atoms with Crippen LogP contribution in [0, 0.1) is 5.41 Å². The van der Waals surface area contributed by atoms with Gasteiger partial charge < -0.3 is 14.4 Å². The molecule has 0 aliphatic carbocycles. The van der Waals surface area contributed by atoms with Crippen LogP contribution in [0.4, 0.5) is 0 Å². The van der Waals surface area contributed by atoms with Gasteiger partial charge in [-0.3, -0.25) is 19.0 Å². The number of fused-ring (bicyclic) bond motifs is 2. The summed E-state index contributed by atoms with van der Waals surface area (Å²) in [6.45, 7) is 2.79. The van der Waals surface area contributed by atoms with Crippen LogP contribution in [0.2, 0.25) is 0 Å². The Morgan fingerprint density at radius 3 is 2.32 bits per heavy atom. The highest BCUT2D eigenvalue weighted by Gasteiger charge is 2.43. The quantitative estimate of drug-likeness (QED) is 0.297. The van der Waals surface area contributed by atoms with E-state index in [4.69, 9.17) is 0 Å². The lowest BCUT2D eigenvalue weighted by Gasteiger charge is -2.39. The standard InChI is InChI=1S/C29H31N5O3S/c1-31-23-7-5-4-6-19(23)17-24(31)27(37)33-13-10-29(11-14-33)12-15-34(18-29)25(35)20-8-9-21-22(16-20)30-28(38-3)32(2)26(21)36/h4-9,16-17H,10-15,18H2,1-3H3. The van der Waals surface area contributed by atoms with Crippen molar-refractivity contribution in [3.8, 4) is 0 Å². The van der Waals surface area contributed by atoms with E-state index in [2.05, 4.69) is 4.98 Å². The molecule has 1 spiro atoms. The van der Waals surface area contributed by atoms with Crippen molar-refractivity contribution in [3.63, 3.8) is 0 Å². The summed E-state index contributed by atoms with van der Waals surface area (Å²) >= 11 is 1.41. The number of carbonyl (C=O) groups is 2. The Balaban J connectivity index is 1.15. The van der Waals surface area contributed by atoms with E-state index >= 15 is 0 Å². The number of piperidine rings is 1. The van der Waals surface area contributed by atoms with Gasteiger partial charge in [0.25, 0.3) is 17.4 Å². The molecule has 0 radical (unpaired) electrons. The molecule has 38 heavy (non-hydrogen) atoms. The SMILES string of the molecule is CSc1nc2cc(C(=O)N3CCC4(CCN(C(=O)c5cc6ccccc6n5C)CC4)C3)ccc2c(=O)n1C. The van der Waals surface area contributed by atoms with Gasteiger partial charge in [0.15, 0.2) is 5.16 Å². The third kappa shape index (κ3) is 4.00. The minimum absolute atomic E-state index is 0.0223. The molecule has 4 aromatic rings. The molecule has 8 nitrogen and oxygen atoms in total. The lowest BCUT2D eigenvalue weighted by molar-refractivity contribution is 0.0558. The van der Waals surface area contributed by atoms with Crippen molar-refractivity contribution in [1.82, 2.24) is 23.9 Å². The zero-order valence-corrected chi connectivity index (χ0v) is 22.8. The predicted octanol–water partition coefficient (Wildman–Crippen LogP) is 3.92. The molecule has 2 aromatic heterocycles. The Labute approximate surface area is 225 Å². The number of rotatable bonds is 3. The van der Waals surface area contributed by atoms with E-state index in [1.54, 1.807) is 25.2 Å². The highest BCUT2D eigenvalue weighted by molar-refractivity contribution is 7.98. The molecular weight excluding hydrogens is 498 g/mol. The van der Waals surface area contributed by atoms with E-state index in [1.165, 1.54) is 16.3 Å². The third-order valence-corrected chi connectivity index (χ3v) is 9.20. The molecule has 196 valence electrons. The Bertz CT molecular complexity index is 1650. The average Bonchev–Trinajstić information content (AvgIpc) is 3.51. The number of thioether (sulfide) groups is 1. The Hall–Kier alpha value is -3.59. The second kappa shape index (κ2) is 9.31. The number of amides is 2. The Morgan fingerprint density at radius 2 is 1.61 bits per heavy atom. The second-order valence-corrected chi connectivity index (χ2v) is 11.4. The van der Waals surface area contributed by atoms with E-state index in [9.17, 15) is 14.4 Å². The maximum absolute atomic E-state index is 13.4. The first-order chi connectivity index (χ1) is 18.3. The van der Waals surface area contributed by atoms with Gasteiger partial charge in [-0.05, 0) is 61.3 Å². The normalized spacial score (nSPS) is 17.1. The predicted molar refractivity (Wildman–Crippen MR) is 150 cm³/mol. The molecule has 6 rings (SSSR count). The van der Waals surface area contributed by atoms with Crippen LogP contribution in [0.3, 0.4) is 0 Å². The summed E-state index contributed by atoms with van der Waals surface area (Å²) in [7, 11) is 3.66. The molecule has 2 aromatic carbocycles. The Morgan fingerprint density at radius 1 is 0.895 bits per heavy atom. The number of aryl methyl sites for hydroxylation is 1. The molecule has 2 aliphatic rings. The number of likely N-dealkylation sites (tertiary alicyclic amines) is 2. The molecule has 0 unspecified atom stereocenters. The summed E-state index contributed by atoms with van der Waals surface area (Å²) in [6.07, 6.45) is 4.60. The van der Waals surface area contributed by atoms with Crippen LogP contribution in [-0.4, -0.2) is 68.2 Å². The van der Waals surface area contributed by atoms with Crippen molar-refractivity contribution >= 4 is 45.4 Å². The topological polar surface area (TPSA) is 80.4 Å². The summed E-state index contributed by atoms with van der Waals surface area (Å²) < 4.78 is 3.52. The molecule has 2 saturated heterocycles. The lowest BCUT2D eigenvalue weighted by atomic mass is 9.77. The first kappa shape index (κ1) is 24.7. The Kier molecular flexibility index (Phi) is 6.06. The first-order valence-corrected chi connectivity index (χ1v) is 14.2. The second-order valence-electron chi connectivity index (χ2n) is 10.6. The number of benzene rings is 2. The van der Waals surface area contributed by atoms with Crippen molar-refractivity contribution in [2.75, 3.05) is 32.4 Å². The fraction of sp³-hybridized carbons (Fsp3) is 0.379. The van der Waals surface area contributed by atoms with E-state index < -0.39 is 0 Å². The molecule has 2 fully saturated rings. The van der Waals surface area contributed by atoms with Gasteiger partial charge in [0.1, 0.15) is 5.69 Å². The highest BCUT2D eigenvalue weighted by atomic mass is 32.2. The summed E-state index contributed by atoms with van der Waals surface area (Å²) in [5.41, 5.74) is 2.83. The van der Waals surface area contributed by atoms with Gasteiger partial charge in [-0.15, -0.1) is 0 Å². The molecule has 0 N–H and O–H groups in total. The molecule has 2 aliphatic heterocycles. The zero-order chi connectivity index (χ0) is 26.6. The van der Waals surface area contributed by atoms with Crippen molar-refractivity contribution in [3.05, 3.63) is 70.1 Å². The minimum Gasteiger partial charge on any atom is -0.340 e. The smallest absolute Gasteiger partial charge is 0.270 e. The maximum Gasteiger partial charge on any atom is 0.270 e. The molecule has 9 heteroatoms. The number of aromatic nitrogens is 3. The summed E-state index contributed by atoms with van der Waals surface area (Å²) in [6, 6.07) is 15.2. The van der Waals surface area contributed by atoms with Gasteiger partial charge in [0.2, 0.25) is 0 Å². The van der Waals surface area contributed by atoms with Crippen molar-refractivity contribution in [1.29, 1.82) is 0 Å².